The van der Waals surface area contributed by atoms with Crippen LogP contribution < -0.4 is 0 Å². The Hall–Kier alpha value is -7.13. The number of fused-ring (bicyclic) bond motifs is 10. The zero-order valence-electron chi connectivity index (χ0n) is 30.0. The molecule has 8 aromatic carbocycles. The van der Waals surface area contributed by atoms with Crippen molar-refractivity contribution in [3.05, 3.63) is 210 Å². The molecule has 0 N–H and O–H groups in total. The molecule has 1 aliphatic carbocycles. The van der Waals surface area contributed by atoms with Gasteiger partial charge in [-0.15, -0.1) is 0 Å². The summed E-state index contributed by atoms with van der Waals surface area (Å²) in [5.74, 6) is 1.91. The molecule has 260 valence electrons. The third-order valence-electron chi connectivity index (χ3n) is 11.3. The summed E-state index contributed by atoms with van der Waals surface area (Å²) < 4.78 is 0. The molecule has 0 saturated heterocycles. The van der Waals surface area contributed by atoms with Crippen LogP contribution in [0.1, 0.15) is 27.8 Å². The van der Waals surface area contributed by atoms with Crippen LogP contribution in [-0.4, -0.2) is 15.0 Å². The van der Waals surface area contributed by atoms with Gasteiger partial charge in [-0.2, -0.15) is 5.26 Å². The van der Waals surface area contributed by atoms with Gasteiger partial charge in [0.1, 0.15) is 0 Å². The number of hydrogen-bond acceptors (Lipinski definition) is 5. The first-order chi connectivity index (χ1) is 27.7. The third-order valence-corrected chi connectivity index (χ3v) is 12.4. The zero-order chi connectivity index (χ0) is 37.2. The molecule has 0 saturated carbocycles. The number of aromatic nitrogens is 3. The van der Waals surface area contributed by atoms with E-state index in [0.29, 0.717) is 23.0 Å². The van der Waals surface area contributed by atoms with Crippen LogP contribution in [0.3, 0.4) is 0 Å². The molecule has 0 radical (unpaired) electrons. The molecule has 0 fully saturated rings. The lowest BCUT2D eigenvalue weighted by Crippen LogP contribution is -2.32. The van der Waals surface area contributed by atoms with Crippen LogP contribution in [-0.2, 0) is 5.41 Å². The normalized spacial score (nSPS) is 13.1. The average molecular weight is 731 g/mol. The van der Waals surface area contributed by atoms with Crippen LogP contribution in [0, 0.1) is 11.3 Å². The van der Waals surface area contributed by atoms with Crippen molar-refractivity contribution in [1.82, 2.24) is 15.0 Å². The second kappa shape index (κ2) is 12.7. The topological polar surface area (TPSA) is 62.5 Å². The van der Waals surface area contributed by atoms with E-state index in [1.807, 2.05) is 84.9 Å². The lowest BCUT2D eigenvalue weighted by Gasteiger charge is -2.40. The minimum absolute atomic E-state index is 0.531. The van der Waals surface area contributed by atoms with Gasteiger partial charge in [0.05, 0.1) is 17.0 Å². The van der Waals surface area contributed by atoms with Gasteiger partial charge >= 0.3 is 0 Å². The van der Waals surface area contributed by atoms with Gasteiger partial charge in [0, 0.05) is 31.9 Å². The maximum atomic E-state index is 9.91. The van der Waals surface area contributed by atoms with Crippen molar-refractivity contribution >= 4 is 22.5 Å². The Morgan fingerprint density at radius 1 is 0.393 bits per heavy atom. The van der Waals surface area contributed by atoms with Crippen LogP contribution in [0.15, 0.2) is 192 Å². The van der Waals surface area contributed by atoms with E-state index in [1.165, 1.54) is 38.3 Å². The molecule has 0 atom stereocenters. The van der Waals surface area contributed by atoms with Crippen molar-refractivity contribution in [2.24, 2.45) is 0 Å². The quantitative estimate of drug-likeness (QED) is 0.180. The van der Waals surface area contributed by atoms with Crippen molar-refractivity contribution < 1.29 is 0 Å². The lowest BCUT2D eigenvalue weighted by atomic mass is 9.67. The summed E-state index contributed by atoms with van der Waals surface area (Å²) in [6.07, 6.45) is 0. The molecule has 11 rings (SSSR count). The summed E-state index contributed by atoms with van der Waals surface area (Å²) in [7, 11) is 0. The SMILES string of the molecule is N#Cc1ccc(-c2ccc3c(c2)Sc2cc(-c4nc(-c5ccccc5)nc(-c5ccccc5)n4)ccc2C32c3ccccc3-c3ccccc32)c2ccccc12. The molecule has 1 aromatic heterocycles. The highest BCUT2D eigenvalue weighted by molar-refractivity contribution is 7.99. The first-order valence-corrected chi connectivity index (χ1v) is 19.5. The Morgan fingerprint density at radius 3 is 1.46 bits per heavy atom. The smallest absolute Gasteiger partial charge is 0.164 e. The molecule has 9 aromatic rings. The van der Waals surface area contributed by atoms with Gasteiger partial charge in [-0.05, 0) is 68.1 Å². The predicted octanol–water partition coefficient (Wildman–Crippen LogP) is 12.4. The van der Waals surface area contributed by atoms with Crippen molar-refractivity contribution in [2.75, 3.05) is 0 Å². The molecule has 0 unspecified atom stereocenters. The molecule has 5 heteroatoms. The van der Waals surface area contributed by atoms with Crippen LogP contribution in [0.4, 0.5) is 0 Å². The minimum Gasteiger partial charge on any atom is -0.208 e. The maximum absolute atomic E-state index is 9.91. The van der Waals surface area contributed by atoms with Crippen LogP contribution in [0.25, 0.3) is 67.2 Å². The van der Waals surface area contributed by atoms with E-state index in [4.69, 9.17) is 15.0 Å². The maximum Gasteiger partial charge on any atom is 0.164 e. The summed E-state index contributed by atoms with van der Waals surface area (Å²) >= 11 is 1.80. The van der Waals surface area contributed by atoms with Crippen molar-refractivity contribution in [1.29, 1.82) is 5.26 Å². The number of rotatable bonds is 4. The summed E-state index contributed by atoms with van der Waals surface area (Å²) in [5, 5.41) is 11.9. The van der Waals surface area contributed by atoms with Gasteiger partial charge in [0.15, 0.2) is 17.5 Å². The first-order valence-electron chi connectivity index (χ1n) is 18.7. The summed E-state index contributed by atoms with van der Waals surface area (Å²) in [4.78, 5) is 17.5. The Kier molecular flexibility index (Phi) is 7.35. The largest absolute Gasteiger partial charge is 0.208 e. The van der Waals surface area contributed by atoms with E-state index in [-0.39, 0.29) is 0 Å². The van der Waals surface area contributed by atoms with Gasteiger partial charge in [-0.25, -0.2) is 15.0 Å². The number of nitrogens with zero attached hydrogens (tertiary/aromatic N) is 4. The van der Waals surface area contributed by atoms with Crippen LogP contribution >= 0.6 is 11.8 Å². The molecular formula is C51H30N4S. The van der Waals surface area contributed by atoms with Crippen LogP contribution in [0.2, 0.25) is 0 Å². The highest BCUT2D eigenvalue weighted by Crippen LogP contribution is 2.62. The fourth-order valence-corrected chi connectivity index (χ4v) is 10.1. The fraction of sp³-hybridized carbons (Fsp3) is 0.0196. The predicted molar refractivity (Wildman–Crippen MR) is 225 cm³/mol. The molecule has 1 aliphatic heterocycles. The third kappa shape index (κ3) is 4.83. The van der Waals surface area contributed by atoms with E-state index in [9.17, 15) is 5.26 Å². The molecule has 0 amide bonds. The Bertz CT molecular complexity index is 2970. The van der Waals surface area contributed by atoms with Crippen molar-refractivity contribution in [3.63, 3.8) is 0 Å². The monoisotopic (exact) mass is 730 g/mol. The van der Waals surface area contributed by atoms with E-state index in [1.54, 1.807) is 11.8 Å². The van der Waals surface area contributed by atoms with E-state index >= 15 is 0 Å². The molecule has 2 heterocycles. The second-order valence-electron chi connectivity index (χ2n) is 14.2. The Morgan fingerprint density at radius 2 is 0.875 bits per heavy atom. The van der Waals surface area contributed by atoms with Crippen LogP contribution in [0.5, 0.6) is 0 Å². The van der Waals surface area contributed by atoms with Gasteiger partial charge in [0.2, 0.25) is 0 Å². The van der Waals surface area contributed by atoms with Gasteiger partial charge < -0.3 is 0 Å². The standard InChI is InChI=1S/C51H30N4S/c52-31-36-23-26-38(39-18-8-7-17-37(36)39)34-24-27-44-46(29-34)56-47-30-35(25-28-45(47)51(44)42-21-11-9-19-40(42)41-20-10-12-22-43(41)51)50-54-48(32-13-3-1-4-14-32)53-49(55-50)33-15-5-2-6-16-33/h1-30H. The number of hydrogen-bond donors (Lipinski definition) is 0. The average Bonchev–Trinajstić information content (AvgIpc) is 3.56. The van der Waals surface area contributed by atoms with Gasteiger partial charge in [0.25, 0.3) is 0 Å². The molecule has 56 heavy (non-hydrogen) atoms. The Labute approximate surface area is 328 Å². The van der Waals surface area contributed by atoms with E-state index in [2.05, 4.69) is 103 Å². The van der Waals surface area contributed by atoms with E-state index < -0.39 is 5.41 Å². The van der Waals surface area contributed by atoms with Gasteiger partial charge in [-0.3, -0.25) is 0 Å². The fourth-order valence-electron chi connectivity index (χ4n) is 8.80. The van der Waals surface area contributed by atoms with Crippen molar-refractivity contribution in [3.8, 4) is 62.5 Å². The molecule has 4 nitrogen and oxygen atoms in total. The molecular weight excluding hydrogens is 701 g/mol. The molecule has 2 aliphatic rings. The lowest BCUT2D eigenvalue weighted by molar-refractivity contribution is 0.723. The second-order valence-corrected chi connectivity index (χ2v) is 15.3. The zero-order valence-corrected chi connectivity index (χ0v) is 30.8. The Balaban J connectivity index is 1.15. The van der Waals surface area contributed by atoms with E-state index in [0.717, 1.165) is 43.5 Å². The number of benzene rings is 8. The molecule has 1 spiro atoms. The minimum atomic E-state index is -0.531. The summed E-state index contributed by atoms with van der Waals surface area (Å²) in [5.41, 5.74) is 12.8. The first kappa shape index (κ1) is 32.3. The highest BCUT2D eigenvalue weighted by atomic mass is 32.2. The number of nitriles is 1. The van der Waals surface area contributed by atoms with Gasteiger partial charge in [-0.1, -0.05) is 176 Å². The highest BCUT2D eigenvalue weighted by Gasteiger charge is 2.50. The molecule has 0 bridgehead atoms. The summed E-state index contributed by atoms with van der Waals surface area (Å²) in [6, 6.07) is 66.3. The van der Waals surface area contributed by atoms with Crippen molar-refractivity contribution in [2.45, 2.75) is 15.2 Å². The summed E-state index contributed by atoms with van der Waals surface area (Å²) in [6.45, 7) is 0.